The summed E-state index contributed by atoms with van der Waals surface area (Å²) in [7, 11) is 0. The van der Waals surface area contributed by atoms with Gasteiger partial charge < -0.3 is 14.8 Å². The van der Waals surface area contributed by atoms with Crippen LogP contribution in [-0.4, -0.2) is 18.1 Å². The summed E-state index contributed by atoms with van der Waals surface area (Å²) in [5.41, 5.74) is 3.39. The summed E-state index contributed by atoms with van der Waals surface area (Å²) in [5.74, 6) is 1.46. The third kappa shape index (κ3) is 5.80. The van der Waals surface area contributed by atoms with Gasteiger partial charge in [0, 0.05) is 6.54 Å². The average Bonchev–Trinajstić information content (AvgIpc) is 2.61. The molecule has 26 heavy (non-hydrogen) atoms. The second kappa shape index (κ2) is 9.27. The fraction of sp³-hybridized carbons (Fsp3) is 0.409. The highest BCUT2D eigenvalue weighted by Crippen LogP contribution is 2.19. The first-order valence-corrected chi connectivity index (χ1v) is 9.16. The van der Waals surface area contributed by atoms with Crippen LogP contribution in [0.15, 0.2) is 42.5 Å². The van der Waals surface area contributed by atoms with E-state index in [9.17, 15) is 4.79 Å². The Morgan fingerprint density at radius 3 is 2.19 bits per heavy atom. The van der Waals surface area contributed by atoms with Crippen molar-refractivity contribution in [1.82, 2.24) is 5.32 Å². The molecule has 1 unspecified atom stereocenters. The van der Waals surface area contributed by atoms with Crippen LogP contribution in [0.5, 0.6) is 11.5 Å². The van der Waals surface area contributed by atoms with Crippen LogP contribution in [0, 0.1) is 13.8 Å². The van der Waals surface area contributed by atoms with Gasteiger partial charge in [-0.2, -0.15) is 0 Å². The Labute approximate surface area is 156 Å². The summed E-state index contributed by atoms with van der Waals surface area (Å²) < 4.78 is 11.5. The quantitative estimate of drug-likeness (QED) is 0.755. The van der Waals surface area contributed by atoms with Crippen molar-refractivity contribution in [3.63, 3.8) is 0 Å². The topological polar surface area (TPSA) is 47.6 Å². The predicted octanol–water partition coefficient (Wildman–Crippen LogP) is 4.56. The van der Waals surface area contributed by atoms with Gasteiger partial charge in [0.2, 0.25) is 0 Å². The first-order valence-electron chi connectivity index (χ1n) is 9.16. The molecular formula is C22H29NO3. The molecule has 2 aromatic carbocycles. The molecule has 1 amide bonds. The van der Waals surface area contributed by atoms with E-state index in [0.29, 0.717) is 13.0 Å². The molecule has 0 aliphatic heterocycles. The molecule has 0 saturated carbocycles. The maximum atomic E-state index is 12.5. The summed E-state index contributed by atoms with van der Waals surface area (Å²) in [4.78, 5) is 12.5. The third-order valence-electron chi connectivity index (χ3n) is 4.18. The Kier molecular flexibility index (Phi) is 7.07. The minimum absolute atomic E-state index is 0.103. The Hall–Kier alpha value is -2.49. The lowest BCUT2D eigenvalue weighted by atomic mass is 10.1. The van der Waals surface area contributed by atoms with Gasteiger partial charge >= 0.3 is 0 Å². The van der Waals surface area contributed by atoms with E-state index in [-0.39, 0.29) is 12.0 Å². The number of hydrogen-bond donors (Lipinski definition) is 1. The van der Waals surface area contributed by atoms with Crippen LogP contribution in [0.25, 0.3) is 0 Å². The van der Waals surface area contributed by atoms with Crippen LogP contribution in [0.4, 0.5) is 0 Å². The smallest absolute Gasteiger partial charge is 0.261 e. The molecule has 0 heterocycles. The number of ether oxygens (including phenoxy) is 2. The number of aryl methyl sites for hydroxylation is 2. The number of carbonyl (C=O) groups excluding carboxylic acids is 1. The van der Waals surface area contributed by atoms with Crippen molar-refractivity contribution in [3.05, 3.63) is 59.2 Å². The van der Waals surface area contributed by atoms with Gasteiger partial charge in [-0.05, 0) is 75.1 Å². The summed E-state index contributed by atoms with van der Waals surface area (Å²) in [6.45, 7) is 10.5. The highest BCUT2D eigenvalue weighted by atomic mass is 16.5. The summed E-state index contributed by atoms with van der Waals surface area (Å²) >= 11 is 0. The Morgan fingerprint density at radius 2 is 1.62 bits per heavy atom. The maximum Gasteiger partial charge on any atom is 0.261 e. The Bertz CT molecular complexity index is 723. The molecule has 0 bridgehead atoms. The highest BCUT2D eigenvalue weighted by Gasteiger charge is 2.18. The van der Waals surface area contributed by atoms with Crippen molar-refractivity contribution < 1.29 is 14.3 Å². The van der Waals surface area contributed by atoms with E-state index < -0.39 is 6.10 Å². The van der Waals surface area contributed by atoms with Gasteiger partial charge in [-0.3, -0.25) is 4.79 Å². The molecule has 0 spiro atoms. The van der Waals surface area contributed by atoms with Gasteiger partial charge in [-0.1, -0.05) is 25.1 Å². The highest BCUT2D eigenvalue weighted by molar-refractivity contribution is 5.81. The molecule has 0 radical (unpaired) electrons. The minimum atomic E-state index is -0.499. The number of benzene rings is 2. The van der Waals surface area contributed by atoms with Crippen LogP contribution < -0.4 is 14.8 Å². The van der Waals surface area contributed by atoms with E-state index >= 15 is 0 Å². The predicted molar refractivity (Wildman–Crippen MR) is 105 cm³/mol. The SMILES string of the molecule is CCC(Oc1ccc(C)c(C)c1)C(=O)NCc1ccc(OC(C)C)cc1. The molecule has 1 atom stereocenters. The fourth-order valence-corrected chi connectivity index (χ4v) is 2.53. The summed E-state index contributed by atoms with van der Waals surface area (Å²) in [6, 6.07) is 13.7. The lowest BCUT2D eigenvalue weighted by molar-refractivity contribution is -0.128. The van der Waals surface area contributed by atoms with Gasteiger partial charge in [0.15, 0.2) is 6.10 Å². The van der Waals surface area contributed by atoms with E-state index in [1.54, 1.807) is 0 Å². The van der Waals surface area contributed by atoms with Gasteiger partial charge in [0.05, 0.1) is 6.10 Å². The van der Waals surface area contributed by atoms with Crippen molar-refractivity contribution >= 4 is 5.91 Å². The molecule has 140 valence electrons. The molecule has 1 N–H and O–H groups in total. The normalized spacial score (nSPS) is 11.9. The zero-order chi connectivity index (χ0) is 19.1. The monoisotopic (exact) mass is 355 g/mol. The van der Waals surface area contributed by atoms with Crippen molar-refractivity contribution in [1.29, 1.82) is 0 Å². The lowest BCUT2D eigenvalue weighted by Gasteiger charge is -2.18. The second-order valence-electron chi connectivity index (χ2n) is 6.79. The first kappa shape index (κ1) is 19.8. The van der Waals surface area contributed by atoms with Crippen molar-refractivity contribution in [2.24, 2.45) is 0 Å². The van der Waals surface area contributed by atoms with E-state index in [1.807, 2.05) is 70.2 Å². The van der Waals surface area contributed by atoms with Gasteiger partial charge in [0.25, 0.3) is 5.91 Å². The molecule has 2 rings (SSSR count). The zero-order valence-electron chi connectivity index (χ0n) is 16.3. The number of amides is 1. The zero-order valence-corrected chi connectivity index (χ0v) is 16.3. The fourth-order valence-electron chi connectivity index (χ4n) is 2.53. The van der Waals surface area contributed by atoms with Crippen molar-refractivity contribution in [3.8, 4) is 11.5 Å². The van der Waals surface area contributed by atoms with Crippen LogP contribution in [0.3, 0.4) is 0 Å². The van der Waals surface area contributed by atoms with Crippen LogP contribution in [0.1, 0.15) is 43.9 Å². The third-order valence-corrected chi connectivity index (χ3v) is 4.18. The van der Waals surface area contributed by atoms with E-state index in [1.165, 1.54) is 5.56 Å². The van der Waals surface area contributed by atoms with E-state index in [0.717, 1.165) is 22.6 Å². The number of carbonyl (C=O) groups is 1. The minimum Gasteiger partial charge on any atom is -0.491 e. The molecule has 0 aliphatic rings. The molecule has 4 nitrogen and oxygen atoms in total. The van der Waals surface area contributed by atoms with E-state index in [4.69, 9.17) is 9.47 Å². The Balaban J connectivity index is 1.91. The van der Waals surface area contributed by atoms with Gasteiger partial charge in [0.1, 0.15) is 11.5 Å². The molecule has 0 aromatic heterocycles. The first-order chi connectivity index (χ1) is 12.4. The molecular weight excluding hydrogens is 326 g/mol. The van der Waals surface area contributed by atoms with Crippen LogP contribution in [0.2, 0.25) is 0 Å². The molecule has 0 aliphatic carbocycles. The van der Waals surface area contributed by atoms with Gasteiger partial charge in [-0.15, -0.1) is 0 Å². The number of rotatable bonds is 8. The second-order valence-corrected chi connectivity index (χ2v) is 6.79. The summed E-state index contributed by atoms with van der Waals surface area (Å²) in [5, 5.41) is 2.95. The van der Waals surface area contributed by atoms with Gasteiger partial charge in [-0.25, -0.2) is 0 Å². The average molecular weight is 355 g/mol. The van der Waals surface area contributed by atoms with Crippen molar-refractivity contribution in [2.75, 3.05) is 0 Å². The number of nitrogens with one attached hydrogen (secondary N) is 1. The largest absolute Gasteiger partial charge is 0.491 e. The summed E-state index contributed by atoms with van der Waals surface area (Å²) in [6.07, 6.45) is 0.258. The number of hydrogen-bond acceptors (Lipinski definition) is 3. The molecule has 0 saturated heterocycles. The van der Waals surface area contributed by atoms with Crippen LogP contribution >= 0.6 is 0 Å². The van der Waals surface area contributed by atoms with Crippen molar-refractivity contribution in [2.45, 2.75) is 59.8 Å². The molecule has 0 fully saturated rings. The molecule has 2 aromatic rings. The Morgan fingerprint density at radius 1 is 0.962 bits per heavy atom. The standard InChI is InChI=1S/C22H29NO3/c1-6-21(26-20-10-7-16(4)17(5)13-20)22(24)23-14-18-8-11-19(12-9-18)25-15(2)3/h7-13,15,21H,6,14H2,1-5H3,(H,23,24). The molecule has 4 heteroatoms. The van der Waals surface area contributed by atoms with Crippen LogP contribution in [-0.2, 0) is 11.3 Å². The van der Waals surface area contributed by atoms with E-state index in [2.05, 4.69) is 12.2 Å². The maximum absolute atomic E-state index is 12.5. The lowest BCUT2D eigenvalue weighted by Crippen LogP contribution is -2.37.